The van der Waals surface area contributed by atoms with Crippen LogP contribution in [0, 0.1) is 0 Å². The minimum atomic E-state index is -0.809. The molecule has 3 aromatic rings. The fourth-order valence-corrected chi connectivity index (χ4v) is 4.45. The van der Waals surface area contributed by atoms with E-state index in [1.807, 2.05) is 23.8 Å². The van der Waals surface area contributed by atoms with E-state index >= 15 is 0 Å². The summed E-state index contributed by atoms with van der Waals surface area (Å²) in [5.74, 6) is 0.263. The van der Waals surface area contributed by atoms with Crippen molar-refractivity contribution in [2.45, 2.75) is 37.1 Å². The maximum Gasteiger partial charge on any atom is 0.194 e. The summed E-state index contributed by atoms with van der Waals surface area (Å²) in [6.07, 6.45) is 0.974. The molecular weight excluding hydrogens is 358 g/mol. The first-order valence-electron chi connectivity index (χ1n) is 8.21. The van der Waals surface area contributed by atoms with Crippen LogP contribution in [-0.2, 0) is 14.2 Å². The molecule has 3 aromatic heterocycles. The molecule has 5 atom stereocenters. The molecule has 3 N–H and O–H groups in total. The minimum Gasteiger partial charge on any atom is -0.458 e. The molecule has 0 radical (unpaired) electrons. The number of nitrogens with two attached hydrogens (primary N) is 1. The highest BCUT2D eigenvalue weighted by Crippen LogP contribution is 2.54. The Kier molecular flexibility index (Phi) is 3.56. The number of anilines is 1. The number of hydrogen-bond donors (Lipinski definition) is 2. The van der Waals surface area contributed by atoms with Gasteiger partial charge >= 0.3 is 0 Å². The van der Waals surface area contributed by atoms with Crippen molar-refractivity contribution in [1.29, 1.82) is 0 Å². The summed E-state index contributed by atoms with van der Waals surface area (Å²) in [5.41, 5.74) is 7.69. The molecule has 0 bridgehead atoms. The van der Waals surface area contributed by atoms with Gasteiger partial charge in [0.25, 0.3) is 0 Å². The first-order chi connectivity index (χ1) is 12.6. The number of nitrogen functional groups attached to an aromatic ring is 1. The number of furan rings is 1. The molecule has 0 aromatic carbocycles. The van der Waals surface area contributed by atoms with Crippen LogP contribution in [-0.4, -0.2) is 39.5 Å². The highest BCUT2D eigenvalue weighted by molar-refractivity contribution is 7.07. The third kappa shape index (κ3) is 2.15. The molecule has 0 saturated carbocycles. The third-order valence-corrected chi connectivity index (χ3v) is 5.75. The Morgan fingerprint density at radius 1 is 1.35 bits per heavy atom. The third-order valence-electron chi connectivity index (χ3n) is 5.05. The van der Waals surface area contributed by atoms with Crippen LogP contribution in [0.2, 0.25) is 0 Å². The van der Waals surface area contributed by atoms with Crippen molar-refractivity contribution in [2.75, 3.05) is 12.3 Å². The maximum absolute atomic E-state index is 9.79. The number of aromatic nitrogens is 2. The Labute approximate surface area is 152 Å². The Hall–Kier alpha value is -2.04. The molecule has 5 heterocycles. The smallest absolute Gasteiger partial charge is 0.194 e. The number of aliphatic hydroxyl groups is 1. The molecule has 26 heavy (non-hydrogen) atoms. The molecule has 0 spiro atoms. The standard InChI is InChI=1S/C17H17N3O5S/c1-17-13(9-5-22-12-11(9)19-7-20-15(12)18)23-10(4-21)14(17)24-16(25-17)8-2-3-26-6-8/h2-3,5-7,10,13-14,16,21H,4H2,1H3,(H2,18,19,20)/t10-,13+,14-,16?,17+/m1/s1. The first-order valence-corrected chi connectivity index (χ1v) is 9.15. The van der Waals surface area contributed by atoms with Crippen LogP contribution in [0.1, 0.15) is 30.4 Å². The largest absolute Gasteiger partial charge is 0.458 e. The van der Waals surface area contributed by atoms with Gasteiger partial charge in [0.2, 0.25) is 0 Å². The zero-order valence-electron chi connectivity index (χ0n) is 13.9. The van der Waals surface area contributed by atoms with Gasteiger partial charge in [-0.2, -0.15) is 11.3 Å². The number of ether oxygens (including phenoxy) is 3. The number of fused-ring (bicyclic) bond motifs is 2. The van der Waals surface area contributed by atoms with Crippen molar-refractivity contribution in [3.05, 3.63) is 40.5 Å². The molecule has 2 saturated heterocycles. The maximum atomic E-state index is 9.79. The van der Waals surface area contributed by atoms with E-state index in [4.69, 9.17) is 24.4 Å². The van der Waals surface area contributed by atoms with Crippen LogP contribution in [0.3, 0.4) is 0 Å². The summed E-state index contributed by atoms with van der Waals surface area (Å²) in [6, 6.07) is 1.96. The average molecular weight is 375 g/mol. The molecule has 0 amide bonds. The van der Waals surface area contributed by atoms with Gasteiger partial charge in [-0.05, 0) is 23.8 Å². The average Bonchev–Trinajstić information content (AvgIpc) is 3.37. The van der Waals surface area contributed by atoms with Crippen LogP contribution in [0.15, 0.2) is 33.8 Å². The van der Waals surface area contributed by atoms with Gasteiger partial charge in [0.15, 0.2) is 17.7 Å². The lowest BCUT2D eigenvalue weighted by Crippen LogP contribution is -2.40. The van der Waals surface area contributed by atoms with Crippen LogP contribution in [0.25, 0.3) is 11.1 Å². The van der Waals surface area contributed by atoms with E-state index < -0.39 is 30.2 Å². The fraction of sp³-hybridized carbons (Fsp3) is 0.412. The predicted octanol–water partition coefficient (Wildman–Crippen LogP) is 2.17. The van der Waals surface area contributed by atoms with Crippen LogP contribution in [0.4, 0.5) is 5.82 Å². The van der Waals surface area contributed by atoms with Crippen molar-refractivity contribution in [1.82, 2.24) is 9.97 Å². The molecular formula is C17H17N3O5S. The molecule has 9 heteroatoms. The quantitative estimate of drug-likeness (QED) is 0.716. The second-order valence-electron chi connectivity index (χ2n) is 6.61. The summed E-state index contributed by atoms with van der Waals surface area (Å²) >= 11 is 1.58. The predicted molar refractivity (Wildman–Crippen MR) is 92.3 cm³/mol. The number of nitrogens with zero attached hydrogens (tertiary/aromatic N) is 2. The second kappa shape index (κ2) is 5.73. The molecule has 0 aliphatic carbocycles. The van der Waals surface area contributed by atoms with Gasteiger partial charge in [-0.1, -0.05) is 0 Å². The molecule has 2 aliphatic rings. The van der Waals surface area contributed by atoms with Gasteiger partial charge in [0.05, 0.1) is 12.9 Å². The Bertz CT molecular complexity index is 945. The monoisotopic (exact) mass is 375 g/mol. The summed E-state index contributed by atoms with van der Waals surface area (Å²) in [6.45, 7) is 1.75. The van der Waals surface area contributed by atoms with Gasteiger partial charge in [-0.15, -0.1) is 0 Å². The van der Waals surface area contributed by atoms with E-state index in [1.165, 1.54) is 6.33 Å². The van der Waals surface area contributed by atoms with Gasteiger partial charge in [0.1, 0.15) is 35.8 Å². The lowest BCUT2D eigenvalue weighted by Gasteiger charge is -2.26. The fourth-order valence-electron chi connectivity index (χ4n) is 3.79. The topological polar surface area (TPSA) is 113 Å². The Morgan fingerprint density at radius 2 is 2.23 bits per heavy atom. The van der Waals surface area contributed by atoms with Crippen molar-refractivity contribution in [3.63, 3.8) is 0 Å². The Morgan fingerprint density at radius 3 is 3.00 bits per heavy atom. The highest BCUT2D eigenvalue weighted by Gasteiger charge is 2.62. The van der Waals surface area contributed by atoms with E-state index in [0.717, 1.165) is 5.56 Å². The van der Waals surface area contributed by atoms with E-state index in [1.54, 1.807) is 17.6 Å². The minimum absolute atomic E-state index is 0.177. The second-order valence-corrected chi connectivity index (χ2v) is 7.39. The SMILES string of the molecule is C[C@@]12OC(c3ccsc3)O[C@@H]1[C@@H](CO)O[C@H]2c1coc2c(N)ncnc12. The number of hydrogen-bond acceptors (Lipinski definition) is 9. The van der Waals surface area contributed by atoms with Crippen LogP contribution < -0.4 is 5.73 Å². The van der Waals surface area contributed by atoms with E-state index in [9.17, 15) is 5.11 Å². The van der Waals surface area contributed by atoms with Crippen molar-refractivity contribution in [2.24, 2.45) is 0 Å². The Balaban J connectivity index is 1.57. The molecule has 136 valence electrons. The summed E-state index contributed by atoms with van der Waals surface area (Å²) < 4.78 is 24.1. The van der Waals surface area contributed by atoms with Crippen molar-refractivity contribution < 1.29 is 23.7 Å². The number of thiophene rings is 1. The summed E-state index contributed by atoms with van der Waals surface area (Å²) in [5, 5.41) is 13.7. The lowest BCUT2D eigenvalue weighted by molar-refractivity contribution is -0.157. The van der Waals surface area contributed by atoms with Crippen molar-refractivity contribution >= 4 is 28.3 Å². The lowest BCUT2D eigenvalue weighted by atomic mass is 9.89. The molecule has 2 aliphatic heterocycles. The molecule has 2 fully saturated rings. The van der Waals surface area contributed by atoms with E-state index in [2.05, 4.69) is 9.97 Å². The number of rotatable bonds is 3. The normalized spacial score (nSPS) is 33.8. The van der Waals surface area contributed by atoms with Gasteiger partial charge in [0, 0.05) is 11.1 Å². The zero-order chi connectivity index (χ0) is 17.9. The number of aliphatic hydroxyl groups excluding tert-OH is 1. The van der Waals surface area contributed by atoms with E-state index in [-0.39, 0.29) is 12.4 Å². The van der Waals surface area contributed by atoms with Crippen molar-refractivity contribution in [3.8, 4) is 0 Å². The van der Waals surface area contributed by atoms with Gasteiger partial charge in [-0.25, -0.2) is 9.97 Å². The van der Waals surface area contributed by atoms with Crippen LogP contribution >= 0.6 is 11.3 Å². The highest BCUT2D eigenvalue weighted by atomic mass is 32.1. The van der Waals surface area contributed by atoms with Gasteiger partial charge < -0.3 is 29.5 Å². The van der Waals surface area contributed by atoms with Gasteiger partial charge in [-0.3, -0.25) is 0 Å². The molecule has 8 nitrogen and oxygen atoms in total. The first kappa shape index (κ1) is 16.2. The zero-order valence-corrected chi connectivity index (χ0v) is 14.7. The van der Waals surface area contributed by atoms with Crippen LogP contribution in [0.5, 0.6) is 0 Å². The molecule has 5 rings (SSSR count). The summed E-state index contributed by atoms with van der Waals surface area (Å²) in [7, 11) is 0. The molecule has 1 unspecified atom stereocenters. The summed E-state index contributed by atoms with van der Waals surface area (Å²) in [4.78, 5) is 8.23. The van der Waals surface area contributed by atoms with E-state index in [0.29, 0.717) is 16.7 Å².